The van der Waals surface area contributed by atoms with E-state index in [0.29, 0.717) is 18.0 Å². The Labute approximate surface area is 146 Å². The van der Waals surface area contributed by atoms with E-state index in [1.54, 1.807) is 30.5 Å². The second-order valence-electron chi connectivity index (χ2n) is 6.11. The van der Waals surface area contributed by atoms with Gasteiger partial charge < -0.3 is 10.2 Å². The van der Waals surface area contributed by atoms with Crippen LogP contribution in [0.2, 0.25) is 0 Å². The van der Waals surface area contributed by atoms with Crippen LogP contribution in [0.5, 0.6) is 0 Å². The molecule has 1 saturated heterocycles. The van der Waals surface area contributed by atoms with Crippen LogP contribution in [0, 0.1) is 23.1 Å². The molecule has 0 saturated carbocycles. The zero-order valence-corrected chi connectivity index (χ0v) is 13.8. The van der Waals surface area contributed by atoms with Gasteiger partial charge in [0.1, 0.15) is 17.7 Å². The van der Waals surface area contributed by atoms with E-state index in [1.165, 1.54) is 12.1 Å². The number of carbonyl (C=O) groups is 1. The van der Waals surface area contributed by atoms with Crippen molar-refractivity contribution in [3.8, 4) is 6.07 Å². The lowest BCUT2D eigenvalue weighted by Crippen LogP contribution is -2.39. The number of nitrogens with zero attached hydrogens (tertiary/aromatic N) is 3. The largest absolute Gasteiger partial charge is 0.356 e. The third-order valence-electron chi connectivity index (χ3n) is 4.49. The van der Waals surface area contributed by atoms with Crippen LogP contribution in [0.15, 0.2) is 42.6 Å². The standard InChI is InChI=1S/C19H19FN4O/c20-17-6-2-1-5-16(17)19(25)23-13-14-7-10-24(11-8-14)18-15(12-21)4-3-9-22-18/h1-6,9,14H,7-8,10-11,13H2,(H,23,25). The summed E-state index contributed by atoms with van der Waals surface area (Å²) in [6.45, 7) is 2.09. The average molecular weight is 338 g/mol. The van der Waals surface area contributed by atoms with Crippen molar-refractivity contribution in [2.24, 2.45) is 5.92 Å². The van der Waals surface area contributed by atoms with Crippen LogP contribution in [-0.4, -0.2) is 30.5 Å². The molecule has 3 rings (SSSR count). The van der Waals surface area contributed by atoms with Gasteiger partial charge in [-0.2, -0.15) is 5.26 Å². The van der Waals surface area contributed by atoms with Crippen LogP contribution in [0.1, 0.15) is 28.8 Å². The Kier molecular flexibility index (Phi) is 5.24. The second-order valence-corrected chi connectivity index (χ2v) is 6.11. The number of aromatic nitrogens is 1. The summed E-state index contributed by atoms with van der Waals surface area (Å²) in [4.78, 5) is 18.5. The van der Waals surface area contributed by atoms with Gasteiger partial charge in [-0.25, -0.2) is 9.37 Å². The molecule has 1 aliphatic rings. The first kappa shape index (κ1) is 16.9. The molecule has 2 heterocycles. The third-order valence-corrected chi connectivity index (χ3v) is 4.49. The summed E-state index contributed by atoms with van der Waals surface area (Å²) < 4.78 is 13.6. The van der Waals surface area contributed by atoms with Crippen LogP contribution < -0.4 is 10.2 Å². The maximum absolute atomic E-state index is 13.6. The molecule has 1 aliphatic heterocycles. The maximum atomic E-state index is 13.6. The number of piperidine rings is 1. The number of hydrogen-bond acceptors (Lipinski definition) is 4. The highest BCUT2D eigenvalue weighted by molar-refractivity contribution is 5.94. The Balaban J connectivity index is 1.52. The zero-order valence-electron chi connectivity index (χ0n) is 13.8. The van der Waals surface area contributed by atoms with Crippen LogP contribution >= 0.6 is 0 Å². The SMILES string of the molecule is N#Cc1cccnc1N1CCC(CNC(=O)c2ccccc2F)CC1. The first-order valence-electron chi connectivity index (χ1n) is 8.32. The van der Waals surface area contributed by atoms with Crippen molar-refractivity contribution >= 4 is 11.7 Å². The summed E-state index contributed by atoms with van der Waals surface area (Å²) in [5.41, 5.74) is 0.654. The minimum Gasteiger partial charge on any atom is -0.356 e. The summed E-state index contributed by atoms with van der Waals surface area (Å²) in [6.07, 6.45) is 3.47. The molecule has 0 atom stereocenters. The summed E-state index contributed by atoms with van der Waals surface area (Å²) in [5.74, 6) is 0.172. The normalized spacial score (nSPS) is 14.8. The number of benzene rings is 1. The van der Waals surface area contributed by atoms with Crippen molar-refractivity contribution < 1.29 is 9.18 Å². The van der Waals surface area contributed by atoms with Crippen molar-refractivity contribution in [2.45, 2.75) is 12.8 Å². The molecule has 25 heavy (non-hydrogen) atoms. The van der Waals surface area contributed by atoms with Gasteiger partial charge in [0.25, 0.3) is 5.91 Å². The van der Waals surface area contributed by atoms with E-state index in [0.717, 1.165) is 31.7 Å². The fourth-order valence-corrected chi connectivity index (χ4v) is 3.06. The first-order chi connectivity index (χ1) is 12.2. The molecule has 0 bridgehead atoms. The number of nitrogens with one attached hydrogen (secondary N) is 1. The van der Waals surface area contributed by atoms with E-state index in [9.17, 15) is 14.4 Å². The number of carbonyl (C=O) groups excluding carboxylic acids is 1. The molecule has 0 spiro atoms. The van der Waals surface area contributed by atoms with Gasteiger partial charge in [0.05, 0.1) is 11.1 Å². The number of amides is 1. The Bertz CT molecular complexity index is 794. The van der Waals surface area contributed by atoms with E-state index in [-0.39, 0.29) is 11.5 Å². The molecule has 1 N–H and O–H groups in total. The van der Waals surface area contributed by atoms with E-state index >= 15 is 0 Å². The summed E-state index contributed by atoms with van der Waals surface area (Å²) in [6, 6.07) is 11.7. The van der Waals surface area contributed by atoms with E-state index in [2.05, 4.69) is 21.3 Å². The zero-order chi connectivity index (χ0) is 17.6. The molecule has 5 nitrogen and oxygen atoms in total. The molecule has 6 heteroatoms. The lowest BCUT2D eigenvalue weighted by atomic mass is 9.96. The van der Waals surface area contributed by atoms with Gasteiger partial charge >= 0.3 is 0 Å². The molecule has 0 aliphatic carbocycles. The quantitative estimate of drug-likeness (QED) is 0.931. The lowest BCUT2D eigenvalue weighted by Gasteiger charge is -2.33. The van der Waals surface area contributed by atoms with Crippen LogP contribution in [-0.2, 0) is 0 Å². The maximum Gasteiger partial charge on any atom is 0.254 e. The molecule has 1 aromatic carbocycles. The van der Waals surface area contributed by atoms with Gasteiger partial charge in [0.2, 0.25) is 0 Å². The topological polar surface area (TPSA) is 69.0 Å². The third kappa shape index (κ3) is 3.94. The fourth-order valence-electron chi connectivity index (χ4n) is 3.06. The van der Waals surface area contributed by atoms with Gasteiger partial charge in [0.15, 0.2) is 0 Å². The van der Waals surface area contributed by atoms with E-state index < -0.39 is 5.82 Å². The van der Waals surface area contributed by atoms with E-state index in [4.69, 9.17) is 0 Å². The molecule has 0 radical (unpaired) electrons. The van der Waals surface area contributed by atoms with Crippen molar-refractivity contribution in [2.75, 3.05) is 24.5 Å². The van der Waals surface area contributed by atoms with Gasteiger partial charge in [-0.05, 0) is 43.0 Å². The number of anilines is 1. The van der Waals surface area contributed by atoms with Crippen LogP contribution in [0.4, 0.5) is 10.2 Å². The Morgan fingerprint density at radius 1 is 1.28 bits per heavy atom. The molecule has 1 amide bonds. The molecular weight excluding hydrogens is 319 g/mol. The molecule has 2 aromatic rings. The minimum absolute atomic E-state index is 0.0760. The minimum atomic E-state index is -0.506. The number of pyridine rings is 1. The van der Waals surface area contributed by atoms with Gasteiger partial charge in [-0.15, -0.1) is 0 Å². The van der Waals surface area contributed by atoms with Gasteiger partial charge in [0, 0.05) is 25.8 Å². The second kappa shape index (κ2) is 7.75. The first-order valence-corrected chi connectivity index (χ1v) is 8.32. The Hall–Kier alpha value is -2.94. The summed E-state index contributed by atoms with van der Waals surface area (Å²) >= 11 is 0. The number of hydrogen-bond donors (Lipinski definition) is 1. The Morgan fingerprint density at radius 2 is 2.04 bits per heavy atom. The van der Waals surface area contributed by atoms with Crippen LogP contribution in [0.3, 0.4) is 0 Å². The highest BCUT2D eigenvalue weighted by Gasteiger charge is 2.22. The molecule has 128 valence electrons. The molecule has 1 fully saturated rings. The van der Waals surface area contributed by atoms with Crippen molar-refractivity contribution in [3.63, 3.8) is 0 Å². The van der Waals surface area contributed by atoms with Crippen LogP contribution in [0.25, 0.3) is 0 Å². The number of rotatable bonds is 4. The number of nitriles is 1. The summed E-state index contributed by atoms with van der Waals surface area (Å²) in [7, 11) is 0. The van der Waals surface area contributed by atoms with Crippen molar-refractivity contribution in [1.82, 2.24) is 10.3 Å². The van der Waals surface area contributed by atoms with Crippen molar-refractivity contribution in [3.05, 3.63) is 59.5 Å². The fraction of sp³-hybridized carbons (Fsp3) is 0.316. The molecular formula is C19H19FN4O. The van der Waals surface area contributed by atoms with E-state index in [1.807, 2.05) is 0 Å². The highest BCUT2D eigenvalue weighted by atomic mass is 19.1. The summed E-state index contributed by atoms with van der Waals surface area (Å²) in [5, 5.41) is 12.0. The average Bonchev–Trinajstić information content (AvgIpc) is 2.67. The van der Waals surface area contributed by atoms with Crippen molar-refractivity contribution in [1.29, 1.82) is 5.26 Å². The smallest absolute Gasteiger partial charge is 0.254 e. The Morgan fingerprint density at radius 3 is 2.76 bits per heavy atom. The highest BCUT2D eigenvalue weighted by Crippen LogP contribution is 2.23. The molecule has 0 unspecified atom stereocenters. The molecule has 1 aromatic heterocycles. The lowest BCUT2D eigenvalue weighted by molar-refractivity contribution is 0.0941. The predicted molar refractivity (Wildman–Crippen MR) is 92.6 cm³/mol. The number of halogens is 1. The monoisotopic (exact) mass is 338 g/mol. The van der Waals surface area contributed by atoms with Gasteiger partial charge in [-0.1, -0.05) is 12.1 Å². The predicted octanol–water partition coefficient (Wildman–Crippen LogP) is 2.74. The van der Waals surface area contributed by atoms with Gasteiger partial charge in [-0.3, -0.25) is 4.79 Å².